The van der Waals surface area contributed by atoms with Crippen molar-refractivity contribution in [2.75, 3.05) is 17.8 Å². The van der Waals surface area contributed by atoms with Crippen molar-refractivity contribution in [3.63, 3.8) is 0 Å². The fraction of sp³-hybridized carbons (Fsp3) is 0.571. The Morgan fingerprint density at radius 1 is 1.54 bits per heavy atom. The SMILES string of the molecule is CSCCc1nnc(SCC#N)[nH]1. The molecule has 13 heavy (non-hydrogen) atoms. The predicted octanol–water partition coefficient (Wildman–Crippen LogP) is 1.33. The van der Waals surface area contributed by atoms with E-state index in [9.17, 15) is 0 Å². The smallest absolute Gasteiger partial charge is 0.189 e. The first kappa shape index (κ1) is 10.4. The molecule has 1 N–H and O–H groups in total. The van der Waals surface area contributed by atoms with Crippen molar-refractivity contribution in [2.24, 2.45) is 0 Å². The molecule has 0 fully saturated rings. The molecule has 0 bridgehead atoms. The van der Waals surface area contributed by atoms with Gasteiger partial charge in [-0.25, -0.2) is 0 Å². The van der Waals surface area contributed by atoms with Crippen LogP contribution in [-0.2, 0) is 6.42 Å². The van der Waals surface area contributed by atoms with Crippen LogP contribution in [0.1, 0.15) is 5.82 Å². The minimum absolute atomic E-state index is 0.414. The summed E-state index contributed by atoms with van der Waals surface area (Å²) in [6, 6.07) is 2.04. The number of rotatable bonds is 5. The quantitative estimate of drug-likeness (QED) is 0.749. The van der Waals surface area contributed by atoms with Gasteiger partial charge in [0, 0.05) is 12.2 Å². The monoisotopic (exact) mass is 214 g/mol. The molecule has 0 saturated carbocycles. The van der Waals surface area contributed by atoms with Gasteiger partial charge < -0.3 is 4.98 Å². The Labute approximate surface area is 85.5 Å². The highest BCUT2D eigenvalue weighted by molar-refractivity contribution is 7.99. The van der Waals surface area contributed by atoms with Crippen molar-refractivity contribution in [1.82, 2.24) is 15.2 Å². The first-order valence-electron chi connectivity index (χ1n) is 3.77. The number of aryl methyl sites for hydroxylation is 1. The van der Waals surface area contributed by atoms with Crippen molar-refractivity contribution in [1.29, 1.82) is 5.26 Å². The van der Waals surface area contributed by atoms with Crippen LogP contribution >= 0.6 is 23.5 Å². The van der Waals surface area contributed by atoms with Gasteiger partial charge in [0.25, 0.3) is 0 Å². The zero-order valence-electron chi connectivity index (χ0n) is 7.28. The van der Waals surface area contributed by atoms with E-state index < -0.39 is 0 Å². The van der Waals surface area contributed by atoms with Crippen molar-refractivity contribution >= 4 is 23.5 Å². The molecule has 0 aliphatic heterocycles. The lowest BCUT2D eigenvalue weighted by molar-refractivity contribution is 0.947. The highest BCUT2D eigenvalue weighted by atomic mass is 32.2. The summed E-state index contributed by atoms with van der Waals surface area (Å²) in [6.07, 6.45) is 2.96. The van der Waals surface area contributed by atoms with E-state index in [2.05, 4.69) is 21.4 Å². The number of hydrogen-bond donors (Lipinski definition) is 1. The topological polar surface area (TPSA) is 65.4 Å². The van der Waals surface area contributed by atoms with Crippen LogP contribution in [0, 0.1) is 11.3 Å². The van der Waals surface area contributed by atoms with Crippen LogP contribution in [0.25, 0.3) is 0 Å². The lowest BCUT2D eigenvalue weighted by Crippen LogP contribution is -1.90. The Hall–Kier alpha value is -0.670. The third-order valence-electron chi connectivity index (χ3n) is 1.33. The first-order valence-corrected chi connectivity index (χ1v) is 6.15. The summed E-state index contributed by atoms with van der Waals surface area (Å²) in [6.45, 7) is 0. The van der Waals surface area contributed by atoms with Crippen molar-refractivity contribution < 1.29 is 0 Å². The van der Waals surface area contributed by atoms with Crippen LogP contribution in [0.4, 0.5) is 0 Å². The van der Waals surface area contributed by atoms with Gasteiger partial charge in [0.15, 0.2) is 5.16 Å². The van der Waals surface area contributed by atoms with Crippen LogP contribution in [0.2, 0.25) is 0 Å². The molecular formula is C7H10N4S2. The van der Waals surface area contributed by atoms with Gasteiger partial charge in [-0.3, -0.25) is 0 Å². The molecule has 1 aromatic rings. The van der Waals surface area contributed by atoms with E-state index in [1.54, 1.807) is 11.8 Å². The minimum Gasteiger partial charge on any atom is -0.320 e. The number of thioether (sulfide) groups is 2. The van der Waals surface area contributed by atoms with E-state index in [-0.39, 0.29) is 0 Å². The number of aromatic nitrogens is 3. The van der Waals surface area contributed by atoms with E-state index in [4.69, 9.17) is 5.26 Å². The van der Waals surface area contributed by atoms with Crippen molar-refractivity contribution in [2.45, 2.75) is 11.6 Å². The Balaban J connectivity index is 2.40. The van der Waals surface area contributed by atoms with Gasteiger partial charge in [-0.2, -0.15) is 17.0 Å². The second kappa shape index (κ2) is 5.89. The molecule has 0 spiro atoms. The first-order chi connectivity index (χ1) is 6.36. The summed E-state index contributed by atoms with van der Waals surface area (Å²) in [5.74, 6) is 2.35. The fourth-order valence-corrected chi connectivity index (χ4v) is 1.64. The molecule has 0 unspecified atom stereocenters. The molecule has 6 heteroatoms. The van der Waals surface area contributed by atoms with Gasteiger partial charge in [0.05, 0.1) is 11.8 Å². The minimum atomic E-state index is 0.414. The second-order valence-corrected chi connectivity index (χ2v) is 4.22. The van der Waals surface area contributed by atoms with Crippen molar-refractivity contribution in [3.05, 3.63) is 5.82 Å². The fourth-order valence-electron chi connectivity index (χ4n) is 0.756. The van der Waals surface area contributed by atoms with Gasteiger partial charge in [0.2, 0.25) is 0 Å². The number of aromatic amines is 1. The summed E-state index contributed by atoms with van der Waals surface area (Å²) in [5, 5.41) is 16.9. The van der Waals surface area contributed by atoms with Crippen LogP contribution in [0.5, 0.6) is 0 Å². The third kappa shape index (κ3) is 3.70. The molecule has 0 saturated heterocycles. The van der Waals surface area contributed by atoms with Crippen LogP contribution in [-0.4, -0.2) is 32.9 Å². The number of nitriles is 1. The number of hydrogen-bond acceptors (Lipinski definition) is 5. The zero-order valence-corrected chi connectivity index (χ0v) is 8.91. The molecule has 4 nitrogen and oxygen atoms in total. The molecule has 0 atom stereocenters. The molecular weight excluding hydrogens is 204 g/mol. The summed E-state index contributed by atoms with van der Waals surface area (Å²) in [4.78, 5) is 3.06. The normalized spacial score (nSPS) is 9.85. The number of nitrogens with one attached hydrogen (secondary N) is 1. The summed E-state index contributed by atoms with van der Waals surface area (Å²) < 4.78 is 0. The van der Waals surface area contributed by atoms with Crippen molar-refractivity contribution in [3.8, 4) is 6.07 Å². The Bertz CT molecular complexity index is 291. The van der Waals surface area contributed by atoms with Gasteiger partial charge in [-0.05, 0) is 6.26 Å². The van der Waals surface area contributed by atoms with Crippen LogP contribution in [0.3, 0.4) is 0 Å². The number of H-pyrrole nitrogens is 1. The average molecular weight is 214 g/mol. The van der Waals surface area contributed by atoms with E-state index in [1.807, 2.05) is 6.07 Å². The molecule has 0 radical (unpaired) electrons. The average Bonchev–Trinajstić information content (AvgIpc) is 2.59. The molecule has 1 heterocycles. The maximum Gasteiger partial charge on any atom is 0.189 e. The lowest BCUT2D eigenvalue weighted by Gasteiger charge is -1.90. The maximum atomic E-state index is 8.34. The largest absolute Gasteiger partial charge is 0.320 e. The molecule has 0 aromatic carbocycles. The second-order valence-electron chi connectivity index (χ2n) is 2.27. The summed E-state index contributed by atoms with van der Waals surface area (Å²) >= 11 is 3.15. The highest BCUT2D eigenvalue weighted by Gasteiger charge is 2.01. The van der Waals surface area contributed by atoms with Gasteiger partial charge in [-0.1, -0.05) is 11.8 Å². The molecule has 0 amide bonds. The van der Waals surface area contributed by atoms with E-state index in [0.717, 1.165) is 23.2 Å². The molecule has 0 aliphatic rings. The zero-order chi connectivity index (χ0) is 9.52. The van der Waals surface area contributed by atoms with Crippen LogP contribution < -0.4 is 0 Å². The molecule has 1 rings (SSSR count). The number of nitrogens with zero attached hydrogens (tertiary/aromatic N) is 3. The summed E-state index contributed by atoms with van der Waals surface area (Å²) in [7, 11) is 0. The van der Waals surface area contributed by atoms with Gasteiger partial charge in [0.1, 0.15) is 5.82 Å². The standard InChI is InChI=1S/C7H10N4S2/c1-12-4-2-6-9-7(11-10-6)13-5-3-8/h2,4-5H2,1H3,(H,9,10,11). The lowest BCUT2D eigenvalue weighted by atomic mass is 10.5. The summed E-state index contributed by atoms with van der Waals surface area (Å²) in [5.41, 5.74) is 0. The maximum absolute atomic E-state index is 8.34. The Morgan fingerprint density at radius 3 is 3.08 bits per heavy atom. The van der Waals surface area contributed by atoms with Gasteiger partial charge in [-0.15, -0.1) is 10.2 Å². The molecule has 1 aromatic heterocycles. The Morgan fingerprint density at radius 2 is 2.38 bits per heavy atom. The highest BCUT2D eigenvalue weighted by Crippen LogP contribution is 2.11. The third-order valence-corrected chi connectivity index (χ3v) is 2.67. The predicted molar refractivity (Wildman–Crippen MR) is 54.8 cm³/mol. The van der Waals surface area contributed by atoms with E-state index >= 15 is 0 Å². The molecule has 70 valence electrons. The van der Waals surface area contributed by atoms with E-state index in [1.165, 1.54) is 11.8 Å². The van der Waals surface area contributed by atoms with Gasteiger partial charge >= 0.3 is 0 Å². The molecule has 0 aliphatic carbocycles. The van der Waals surface area contributed by atoms with E-state index in [0.29, 0.717) is 5.75 Å². The Kier molecular flexibility index (Phi) is 4.72. The van der Waals surface area contributed by atoms with Crippen LogP contribution in [0.15, 0.2) is 5.16 Å².